The summed E-state index contributed by atoms with van der Waals surface area (Å²) in [6, 6.07) is 0. The van der Waals surface area contributed by atoms with Crippen LogP contribution < -0.4 is 21.3 Å². The molecule has 0 radical (unpaired) electrons. The van der Waals surface area contributed by atoms with E-state index in [0.29, 0.717) is 0 Å². The maximum atomic E-state index is 4.29. The van der Waals surface area contributed by atoms with Crippen molar-refractivity contribution in [1.29, 1.82) is 0 Å². The zero-order chi connectivity index (χ0) is 10.8. The first-order chi connectivity index (χ1) is 7.39. The van der Waals surface area contributed by atoms with Gasteiger partial charge < -0.3 is 0 Å². The topological polar surface area (TPSA) is 65.5 Å². The van der Waals surface area contributed by atoms with Gasteiger partial charge in [0.2, 0.25) is 0 Å². The summed E-state index contributed by atoms with van der Waals surface area (Å²) < 4.78 is 2.39. The predicted molar refractivity (Wildman–Crippen MR) is 62.4 cm³/mol. The number of nitrogens with zero attached hydrogens (tertiary/aromatic N) is 2. The number of hydrogen-bond donors (Lipinski definition) is 4. The van der Waals surface area contributed by atoms with Crippen LogP contribution in [0.1, 0.15) is 0 Å². The van der Waals surface area contributed by atoms with Crippen LogP contribution in [0.25, 0.3) is 5.32 Å². The van der Waals surface area contributed by atoms with E-state index >= 15 is 0 Å². The molecule has 0 spiro atoms. The van der Waals surface area contributed by atoms with Crippen molar-refractivity contribution < 1.29 is 16.5 Å². The van der Waals surface area contributed by atoms with Gasteiger partial charge in [-0.2, -0.15) is 0 Å². The molecule has 1 rings (SSSR count). The standard InChI is InChI=1S/C8H20N6.Ni.Tl/c1-2-10-6-14-8-12-4-3-11-7-13-5-9-1;;/h9-12H,1-8H2;;/q-2;;+1. The fourth-order valence-electron chi connectivity index (χ4n) is 1.23. The third-order valence-electron chi connectivity index (χ3n) is 2.03. The normalized spacial score (nSPS) is 22.9. The van der Waals surface area contributed by atoms with Gasteiger partial charge >= 0.3 is 108 Å². The Balaban J connectivity index is 0.00000225. The van der Waals surface area contributed by atoms with Crippen LogP contribution in [0.2, 0.25) is 0 Å². The molecule has 16 heavy (non-hydrogen) atoms. The Morgan fingerprint density at radius 1 is 0.812 bits per heavy atom. The molecule has 96 valence electrons. The second kappa shape index (κ2) is 12.6. The first kappa shape index (κ1) is 17.2. The van der Waals surface area contributed by atoms with Crippen molar-refractivity contribution in [2.45, 2.75) is 0 Å². The number of hydrogen-bond acceptors (Lipinski definition) is 5. The summed E-state index contributed by atoms with van der Waals surface area (Å²) in [5.41, 5.74) is 0. The Labute approximate surface area is 124 Å². The van der Waals surface area contributed by atoms with Crippen molar-refractivity contribution in [1.82, 2.24) is 24.0 Å². The average molecular weight is 463 g/mol. The molecule has 1 saturated heterocycles. The van der Waals surface area contributed by atoms with Crippen molar-refractivity contribution in [3.63, 3.8) is 0 Å². The zero-order valence-electron chi connectivity index (χ0n) is 9.44. The van der Waals surface area contributed by atoms with Crippen LogP contribution in [-0.2, 0) is 16.5 Å². The Morgan fingerprint density at radius 2 is 1.25 bits per heavy atom. The van der Waals surface area contributed by atoms with E-state index in [1.54, 1.807) is 0 Å². The summed E-state index contributed by atoms with van der Waals surface area (Å²) in [5, 5.41) is 17.6. The summed E-state index contributed by atoms with van der Waals surface area (Å²) in [6.45, 7) is 7.44. The van der Waals surface area contributed by atoms with Crippen molar-refractivity contribution in [2.24, 2.45) is 0 Å². The molecule has 8 heteroatoms. The second-order valence-corrected chi connectivity index (χ2v) is 6.28. The van der Waals surface area contributed by atoms with E-state index in [4.69, 9.17) is 0 Å². The molecule has 0 aromatic carbocycles. The van der Waals surface area contributed by atoms with E-state index in [2.05, 4.69) is 29.3 Å². The zero-order valence-corrected chi connectivity index (χ0v) is 14.9. The summed E-state index contributed by atoms with van der Waals surface area (Å²) in [7, 11) is 0. The molecule has 1 aliphatic heterocycles. The van der Waals surface area contributed by atoms with Gasteiger partial charge in [0.05, 0.1) is 0 Å². The molecule has 0 aromatic rings. The van der Waals surface area contributed by atoms with Gasteiger partial charge in [0, 0.05) is 16.5 Å². The van der Waals surface area contributed by atoms with Gasteiger partial charge in [-0.05, 0) is 0 Å². The van der Waals surface area contributed by atoms with Gasteiger partial charge in [-0.15, -0.1) is 0 Å². The van der Waals surface area contributed by atoms with E-state index in [1.807, 2.05) is 0 Å². The van der Waals surface area contributed by atoms with Gasteiger partial charge in [0.25, 0.3) is 0 Å². The summed E-state index contributed by atoms with van der Waals surface area (Å²) >= 11 is 0.888. The molecule has 1 aliphatic rings. The first-order valence-corrected chi connectivity index (χ1v) is 7.36. The molecule has 4 N–H and O–H groups in total. The van der Waals surface area contributed by atoms with Gasteiger partial charge in [0.1, 0.15) is 0 Å². The van der Waals surface area contributed by atoms with Crippen LogP contribution in [0.3, 0.4) is 0 Å². The molecule has 0 unspecified atom stereocenters. The van der Waals surface area contributed by atoms with Crippen LogP contribution in [0.5, 0.6) is 0 Å². The monoisotopic (exact) mass is 463 g/mol. The molecule has 0 amide bonds. The molecule has 1 heterocycles. The SMILES string of the molecule is [Ni].[Tl][N]1CNCCNC[N-]CNCCNC1. The Bertz CT molecular complexity index is 138. The average Bonchev–Trinajstić information content (AvgIpc) is 2.24. The molecule has 1 fully saturated rings. The maximum absolute atomic E-state index is 4.29. The van der Waals surface area contributed by atoms with Crippen molar-refractivity contribution in [2.75, 3.05) is 52.9 Å². The van der Waals surface area contributed by atoms with Crippen LogP contribution >= 0.6 is 0 Å². The van der Waals surface area contributed by atoms with E-state index in [0.717, 1.165) is 78.9 Å². The second-order valence-electron chi connectivity index (χ2n) is 3.44. The third-order valence-corrected chi connectivity index (χ3v) is 3.45. The Kier molecular flexibility index (Phi) is 13.6. The molecule has 0 saturated carbocycles. The quantitative estimate of drug-likeness (QED) is 0.312. The summed E-state index contributed by atoms with van der Waals surface area (Å²) in [5.74, 6) is 0. The van der Waals surface area contributed by atoms with Crippen molar-refractivity contribution in [3.8, 4) is 0 Å². The Hall–Kier alpha value is 1.18. The summed E-state index contributed by atoms with van der Waals surface area (Å²) in [4.78, 5) is 0. The van der Waals surface area contributed by atoms with Crippen LogP contribution in [-0.4, -0.2) is 81.6 Å². The van der Waals surface area contributed by atoms with Gasteiger partial charge in [-0.1, -0.05) is 0 Å². The molecule has 0 aliphatic carbocycles. The van der Waals surface area contributed by atoms with Gasteiger partial charge in [0.15, 0.2) is 0 Å². The van der Waals surface area contributed by atoms with Crippen molar-refractivity contribution >= 4 is 26.1 Å². The fourth-order valence-corrected chi connectivity index (χ4v) is 2.23. The Morgan fingerprint density at radius 3 is 1.75 bits per heavy atom. The van der Waals surface area contributed by atoms with E-state index in [9.17, 15) is 0 Å². The summed E-state index contributed by atoms with van der Waals surface area (Å²) in [6.07, 6.45) is 0. The number of nitrogens with one attached hydrogen (secondary N) is 4. The van der Waals surface area contributed by atoms with Crippen molar-refractivity contribution in [3.05, 3.63) is 5.32 Å². The number of rotatable bonds is 0. The van der Waals surface area contributed by atoms with Crippen LogP contribution in [0.15, 0.2) is 0 Å². The molecular formula is C8H20N6NiTl-. The molecule has 0 aromatic heterocycles. The van der Waals surface area contributed by atoms with Crippen LogP contribution in [0, 0.1) is 0 Å². The molecular weight excluding hydrogens is 443 g/mol. The minimum absolute atomic E-state index is 0. The first-order valence-electron chi connectivity index (χ1n) is 5.35. The van der Waals surface area contributed by atoms with Gasteiger partial charge in [-0.3, -0.25) is 0 Å². The van der Waals surface area contributed by atoms with E-state index in [1.165, 1.54) is 0 Å². The van der Waals surface area contributed by atoms with E-state index in [-0.39, 0.29) is 16.5 Å². The molecule has 0 bridgehead atoms. The third kappa shape index (κ3) is 10.3. The predicted octanol–water partition coefficient (Wildman–Crippen LogP) is -2.05. The minimum atomic E-state index is 0. The van der Waals surface area contributed by atoms with E-state index < -0.39 is 0 Å². The van der Waals surface area contributed by atoms with Crippen LogP contribution in [0.4, 0.5) is 0 Å². The molecule has 6 nitrogen and oxygen atoms in total. The fraction of sp³-hybridized carbons (Fsp3) is 1.00. The molecule has 0 atom stereocenters. The van der Waals surface area contributed by atoms with Gasteiger partial charge in [-0.25, -0.2) is 0 Å².